The largest absolute Gasteiger partial charge is 0.435 e. The van der Waals surface area contributed by atoms with Crippen LogP contribution in [0.5, 0.6) is 0 Å². The van der Waals surface area contributed by atoms with E-state index in [0.717, 1.165) is 23.0 Å². The maximum Gasteiger partial charge on any atom is 0.435 e. The van der Waals surface area contributed by atoms with Crippen molar-refractivity contribution >= 4 is 11.8 Å². The summed E-state index contributed by atoms with van der Waals surface area (Å²) in [6.45, 7) is 0.741. The fourth-order valence-corrected chi connectivity index (χ4v) is 4.89. The molecule has 0 atom stereocenters. The molecule has 1 aliphatic rings. The molecule has 4 aromatic rings. The number of carbonyl (C=O) groups excluding carboxylic acids is 2. The number of alkyl halides is 6. The van der Waals surface area contributed by atoms with E-state index < -0.39 is 35.1 Å². The summed E-state index contributed by atoms with van der Waals surface area (Å²) in [4.78, 5) is 31.2. The van der Waals surface area contributed by atoms with Crippen LogP contribution in [0, 0.1) is 0 Å². The van der Waals surface area contributed by atoms with Crippen molar-refractivity contribution < 1.29 is 40.5 Å². The van der Waals surface area contributed by atoms with Gasteiger partial charge < -0.3 is 14.7 Å². The molecule has 1 saturated heterocycles. The summed E-state index contributed by atoms with van der Waals surface area (Å²) in [5, 5.41) is 9.82. The van der Waals surface area contributed by atoms with Crippen LogP contribution < -0.4 is 5.32 Å². The van der Waals surface area contributed by atoms with Gasteiger partial charge in [-0.25, -0.2) is 4.68 Å². The molecule has 2 aromatic heterocycles. The number of aromatic nitrogens is 4. The van der Waals surface area contributed by atoms with Gasteiger partial charge in [0, 0.05) is 43.7 Å². The highest BCUT2D eigenvalue weighted by Gasteiger charge is 2.39. The third-order valence-corrected chi connectivity index (χ3v) is 7.19. The van der Waals surface area contributed by atoms with Gasteiger partial charge in [-0.3, -0.25) is 9.59 Å². The molecular weight excluding hydrogens is 594 g/mol. The van der Waals surface area contributed by atoms with Crippen molar-refractivity contribution in [3.8, 4) is 17.1 Å². The number of carbonyl (C=O) groups is 2. The molecule has 0 aliphatic carbocycles. The number of hydrogen-bond acceptors (Lipinski definition) is 6. The molecule has 9 nitrogen and oxygen atoms in total. The number of nitrogens with one attached hydrogen (secondary N) is 1. The molecular formula is C29H26F6N6O3. The second-order valence-electron chi connectivity index (χ2n) is 10.2. The van der Waals surface area contributed by atoms with Crippen molar-refractivity contribution in [3.63, 3.8) is 0 Å². The first-order valence-electron chi connectivity index (χ1n) is 13.7. The maximum atomic E-state index is 13.5. The zero-order chi connectivity index (χ0) is 31.5. The van der Waals surface area contributed by atoms with Gasteiger partial charge in [0.05, 0.1) is 16.8 Å². The lowest BCUT2D eigenvalue weighted by Crippen LogP contribution is -2.38. The molecule has 44 heavy (non-hydrogen) atoms. The van der Waals surface area contributed by atoms with Crippen molar-refractivity contribution in [2.24, 2.45) is 0 Å². The summed E-state index contributed by atoms with van der Waals surface area (Å²) < 4.78 is 86.1. The van der Waals surface area contributed by atoms with Crippen LogP contribution in [-0.4, -0.2) is 56.3 Å². The highest BCUT2D eigenvalue weighted by molar-refractivity contribution is 5.95. The molecule has 2 aromatic carbocycles. The van der Waals surface area contributed by atoms with Gasteiger partial charge in [0.2, 0.25) is 17.6 Å². The van der Waals surface area contributed by atoms with Crippen LogP contribution in [0.4, 0.5) is 26.3 Å². The van der Waals surface area contributed by atoms with Crippen molar-refractivity contribution in [3.05, 3.63) is 83.5 Å². The average molecular weight is 621 g/mol. The van der Waals surface area contributed by atoms with Crippen molar-refractivity contribution in [2.75, 3.05) is 19.6 Å². The predicted octanol–water partition coefficient (Wildman–Crippen LogP) is 5.88. The van der Waals surface area contributed by atoms with E-state index in [-0.39, 0.29) is 48.5 Å². The second-order valence-corrected chi connectivity index (χ2v) is 10.2. The van der Waals surface area contributed by atoms with Crippen LogP contribution in [-0.2, 0) is 17.1 Å². The number of para-hydroxylation sites is 1. The van der Waals surface area contributed by atoms with E-state index in [1.165, 1.54) is 12.1 Å². The van der Waals surface area contributed by atoms with Gasteiger partial charge in [-0.2, -0.15) is 36.4 Å². The number of benzene rings is 2. The van der Waals surface area contributed by atoms with Crippen LogP contribution >= 0.6 is 0 Å². The Kier molecular flexibility index (Phi) is 8.74. The molecule has 1 N–H and O–H groups in total. The van der Waals surface area contributed by atoms with E-state index in [4.69, 9.17) is 4.52 Å². The first-order chi connectivity index (χ1) is 20.9. The van der Waals surface area contributed by atoms with E-state index in [0.29, 0.717) is 31.6 Å². The maximum absolute atomic E-state index is 13.5. The first kappa shape index (κ1) is 30.8. The Morgan fingerprint density at radius 1 is 0.955 bits per heavy atom. The Morgan fingerprint density at radius 2 is 1.68 bits per heavy atom. The number of nitrogens with zero attached hydrogens (tertiary/aromatic N) is 5. The van der Waals surface area contributed by atoms with Crippen LogP contribution in [0.1, 0.15) is 59.1 Å². The SMILES string of the molecule is O=C(NCCCC(=O)N1CCC(c2nc(-c3cccc(C(F)(F)F)c3)no2)CC1)c1cn(-c2ccccc2)nc1C(F)(F)F. The number of rotatable bonds is 8. The first-order valence-corrected chi connectivity index (χ1v) is 13.7. The Morgan fingerprint density at radius 3 is 2.36 bits per heavy atom. The topological polar surface area (TPSA) is 106 Å². The van der Waals surface area contributed by atoms with Crippen LogP contribution in [0.3, 0.4) is 0 Å². The van der Waals surface area contributed by atoms with Gasteiger partial charge in [-0.05, 0) is 43.5 Å². The molecule has 0 radical (unpaired) electrons. The van der Waals surface area contributed by atoms with Gasteiger partial charge >= 0.3 is 12.4 Å². The lowest BCUT2D eigenvalue weighted by Gasteiger charge is -2.30. The van der Waals surface area contributed by atoms with Gasteiger partial charge in [0.1, 0.15) is 0 Å². The summed E-state index contributed by atoms with van der Waals surface area (Å²) in [7, 11) is 0. The van der Waals surface area contributed by atoms with Gasteiger partial charge in [0.15, 0.2) is 5.69 Å². The third-order valence-electron chi connectivity index (χ3n) is 7.19. The van der Waals surface area contributed by atoms with Crippen molar-refractivity contribution in [2.45, 2.75) is 44.0 Å². The van der Waals surface area contributed by atoms with E-state index in [1.54, 1.807) is 35.2 Å². The molecule has 2 amide bonds. The van der Waals surface area contributed by atoms with Gasteiger partial charge in [-0.1, -0.05) is 35.5 Å². The minimum atomic E-state index is -4.84. The van der Waals surface area contributed by atoms with Gasteiger partial charge in [0.25, 0.3) is 5.91 Å². The highest BCUT2D eigenvalue weighted by atomic mass is 19.4. The minimum absolute atomic E-state index is 0.0187. The van der Waals surface area contributed by atoms with Crippen LogP contribution in [0.25, 0.3) is 17.1 Å². The predicted molar refractivity (Wildman–Crippen MR) is 143 cm³/mol. The summed E-state index contributed by atoms with van der Waals surface area (Å²) in [6, 6.07) is 12.7. The van der Waals surface area contributed by atoms with Crippen LogP contribution in [0.15, 0.2) is 65.3 Å². The summed E-state index contributed by atoms with van der Waals surface area (Å²) in [5.74, 6) is -0.981. The Hall–Kier alpha value is -4.69. The lowest BCUT2D eigenvalue weighted by molar-refractivity contribution is -0.141. The summed E-state index contributed by atoms with van der Waals surface area (Å²) in [6.07, 6.45) is -7.04. The molecule has 232 valence electrons. The number of likely N-dealkylation sites (tertiary alicyclic amines) is 1. The molecule has 0 unspecified atom stereocenters. The quantitative estimate of drug-likeness (QED) is 0.195. The molecule has 1 fully saturated rings. The van der Waals surface area contributed by atoms with E-state index in [2.05, 4.69) is 20.6 Å². The molecule has 0 bridgehead atoms. The smallest absolute Gasteiger partial charge is 0.352 e. The zero-order valence-electron chi connectivity index (χ0n) is 23.0. The number of amides is 2. The standard InChI is InChI=1S/C29H26F6N6O3/c30-28(31,32)20-7-4-6-19(16-20)25-37-27(44-39-25)18-11-14-40(15-12-18)23(42)10-5-13-36-26(43)22-17-41(21-8-2-1-3-9-21)38-24(22)29(33,34)35/h1-4,6-9,16-18H,5,10-15H2,(H,36,43). The third kappa shape index (κ3) is 7.09. The average Bonchev–Trinajstić information content (AvgIpc) is 3.68. The summed E-state index contributed by atoms with van der Waals surface area (Å²) in [5.41, 5.74) is -2.21. The number of hydrogen-bond donors (Lipinski definition) is 1. The molecule has 0 spiro atoms. The van der Waals surface area contributed by atoms with E-state index in [9.17, 15) is 35.9 Å². The van der Waals surface area contributed by atoms with Crippen LogP contribution in [0.2, 0.25) is 0 Å². The minimum Gasteiger partial charge on any atom is -0.352 e. The molecule has 15 heteroatoms. The summed E-state index contributed by atoms with van der Waals surface area (Å²) >= 11 is 0. The molecule has 0 saturated carbocycles. The van der Waals surface area contributed by atoms with Gasteiger partial charge in [-0.15, -0.1) is 0 Å². The highest BCUT2D eigenvalue weighted by Crippen LogP contribution is 2.34. The number of halogens is 6. The molecule has 3 heterocycles. The normalized spacial score (nSPS) is 14.5. The Labute approximate surface area is 246 Å². The molecule has 1 aliphatic heterocycles. The monoisotopic (exact) mass is 620 g/mol. The lowest BCUT2D eigenvalue weighted by atomic mass is 9.96. The molecule has 5 rings (SSSR count). The van der Waals surface area contributed by atoms with E-state index >= 15 is 0 Å². The van der Waals surface area contributed by atoms with Crippen molar-refractivity contribution in [1.29, 1.82) is 0 Å². The fraction of sp³-hybridized carbons (Fsp3) is 0.345. The van der Waals surface area contributed by atoms with Crippen molar-refractivity contribution in [1.82, 2.24) is 30.1 Å². The Bertz CT molecular complexity index is 1610. The van der Waals surface area contributed by atoms with E-state index in [1.807, 2.05) is 0 Å². The fourth-order valence-electron chi connectivity index (χ4n) is 4.89. The zero-order valence-corrected chi connectivity index (χ0v) is 23.0. The number of piperidine rings is 1. The second kappa shape index (κ2) is 12.5. The Balaban J connectivity index is 1.10.